The van der Waals surface area contributed by atoms with E-state index in [0.717, 1.165) is 11.1 Å². The summed E-state index contributed by atoms with van der Waals surface area (Å²) in [7, 11) is 0. The third-order valence-corrected chi connectivity index (χ3v) is 3.47. The molecular weight excluding hydrogens is 271 g/mol. The molecule has 0 radical (unpaired) electrons. The molecule has 4 nitrogen and oxygen atoms in total. The topological polar surface area (TPSA) is 66.0 Å². The largest absolute Gasteiger partial charge is 0.478 e. The van der Waals surface area contributed by atoms with Crippen LogP contribution in [0.25, 0.3) is 11.0 Å². The number of halogens is 1. The summed E-state index contributed by atoms with van der Waals surface area (Å²) in [5.74, 6) is -1.37. The fraction of sp³-hybridized carbons (Fsp3) is 0.125. The molecule has 0 atom stereocenters. The van der Waals surface area contributed by atoms with Crippen molar-refractivity contribution >= 4 is 17.0 Å². The second-order valence-corrected chi connectivity index (χ2v) is 4.94. The number of benzene rings is 2. The standard InChI is InChI=1S/C16H13FN2O2/c1-9-4-2-3-5-10(9)6-15-18-13-7-11(16(20)21)12(17)8-14(13)19-15/h2-5,7-8H,6H2,1H3,(H,18,19)(H,20,21). The van der Waals surface area contributed by atoms with Crippen molar-refractivity contribution in [1.29, 1.82) is 0 Å². The van der Waals surface area contributed by atoms with E-state index in [2.05, 4.69) is 9.97 Å². The minimum absolute atomic E-state index is 0.364. The Morgan fingerprint density at radius 2 is 2.10 bits per heavy atom. The maximum atomic E-state index is 13.6. The van der Waals surface area contributed by atoms with Crippen LogP contribution in [0.15, 0.2) is 36.4 Å². The lowest BCUT2D eigenvalue weighted by Gasteiger charge is -2.02. The van der Waals surface area contributed by atoms with E-state index in [9.17, 15) is 9.18 Å². The summed E-state index contributed by atoms with van der Waals surface area (Å²) in [5, 5.41) is 8.93. The van der Waals surface area contributed by atoms with Gasteiger partial charge >= 0.3 is 5.97 Å². The molecule has 0 bridgehead atoms. The minimum atomic E-state index is -1.29. The van der Waals surface area contributed by atoms with Crippen molar-refractivity contribution in [2.75, 3.05) is 0 Å². The highest BCUT2D eigenvalue weighted by Gasteiger charge is 2.14. The molecular formula is C16H13FN2O2. The fourth-order valence-corrected chi connectivity index (χ4v) is 2.32. The van der Waals surface area contributed by atoms with Crippen LogP contribution in [0.4, 0.5) is 4.39 Å². The Morgan fingerprint density at radius 1 is 1.33 bits per heavy atom. The van der Waals surface area contributed by atoms with Gasteiger partial charge in [-0.15, -0.1) is 0 Å². The van der Waals surface area contributed by atoms with E-state index >= 15 is 0 Å². The zero-order valence-electron chi connectivity index (χ0n) is 11.4. The van der Waals surface area contributed by atoms with E-state index in [-0.39, 0.29) is 5.56 Å². The van der Waals surface area contributed by atoms with E-state index in [1.807, 2.05) is 31.2 Å². The number of aryl methyl sites for hydroxylation is 1. The summed E-state index contributed by atoms with van der Waals surface area (Å²) < 4.78 is 13.6. The number of fused-ring (bicyclic) bond motifs is 1. The lowest BCUT2D eigenvalue weighted by molar-refractivity contribution is 0.0692. The van der Waals surface area contributed by atoms with Gasteiger partial charge in [0.15, 0.2) is 0 Å². The molecule has 106 valence electrons. The maximum absolute atomic E-state index is 13.6. The smallest absolute Gasteiger partial charge is 0.338 e. The van der Waals surface area contributed by atoms with Gasteiger partial charge in [0.1, 0.15) is 11.6 Å². The SMILES string of the molecule is Cc1ccccc1Cc1nc2cc(C(=O)O)c(F)cc2[nH]1. The van der Waals surface area contributed by atoms with Crippen LogP contribution >= 0.6 is 0 Å². The maximum Gasteiger partial charge on any atom is 0.338 e. The molecule has 2 aromatic carbocycles. The van der Waals surface area contributed by atoms with Crippen molar-refractivity contribution in [2.45, 2.75) is 13.3 Å². The fourth-order valence-electron chi connectivity index (χ4n) is 2.32. The zero-order chi connectivity index (χ0) is 15.0. The zero-order valence-corrected chi connectivity index (χ0v) is 11.4. The summed E-state index contributed by atoms with van der Waals surface area (Å²) in [6.07, 6.45) is 0.589. The molecule has 5 heteroatoms. The Labute approximate surface area is 120 Å². The second kappa shape index (κ2) is 5.01. The van der Waals surface area contributed by atoms with E-state index in [1.165, 1.54) is 12.1 Å². The number of hydrogen-bond donors (Lipinski definition) is 2. The van der Waals surface area contributed by atoms with Gasteiger partial charge in [0.2, 0.25) is 0 Å². The predicted molar refractivity (Wildman–Crippen MR) is 77.0 cm³/mol. The van der Waals surface area contributed by atoms with Gasteiger partial charge < -0.3 is 10.1 Å². The number of aromatic amines is 1. The number of aromatic nitrogens is 2. The van der Waals surface area contributed by atoms with Crippen LogP contribution in [0.1, 0.15) is 27.3 Å². The minimum Gasteiger partial charge on any atom is -0.478 e. The third-order valence-electron chi connectivity index (χ3n) is 3.47. The molecule has 3 aromatic rings. The molecule has 0 spiro atoms. The van der Waals surface area contributed by atoms with Gasteiger partial charge in [-0.05, 0) is 24.1 Å². The predicted octanol–water partition coefficient (Wildman–Crippen LogP) is 3.30. The van der Waals surface area contributed by atoms with Crippen LogP contribution in [0, 0.1) is 12.7 Å². The number of nitrogens with one attached hydrogen (secondary N) is 1. The van der Waals surface area contributed by atoms with Gasteiger partial charge in [-0.2, -0.15) is 0 Å². The molecule has 0 amide bonds. The van der Waals surface area contributed by atoms with Crippen LogP contribution in [-0.2, 0) is 6.42 Å². The number of hydrogen-bond acceptors (Lipinski definition) is 2. The van der Waals surface area contributed by atoms with Crippen LogP contribution in [0.5, 0.6) is 0 Å². The number of H-pyrrole nitrogens is 1. The van der Waals surface area contributed by atoms with Crippen LogP contribution < -0.4 is 0 Å². The summed E-state index contributed by atoms with van der Waals surface area (Å²) in [6.45, 7) is 2.01. The van der Waals surface area contributed by atoms with Crippen LogP contribution in [-0.4, -0.2) is 21.0 Å². The van der Waals surface area contributed by atoms with Crippen molar-refractivity contribution in [3.8, 4) is 0 Å². The van der Waals surface area contributed by atoms with Gasteiger partial charge in [0.05, 0.1) is 16.6 Å². The lowest BCUT2D eigenvalue weighted by atomic mass is 10.1. The highest BCUT2D eigenvalue weighted by molar-refractivity contribution is 5.92. The Kier molecular flexibility index (Phi) is 3.17. The van der Waals surface area contributed by atoms with E-state index in [4.69, 9.17) is 5.11 Å². The van der Waals surface area contributed by atoms with Crippen molar-refractivity contribution in [2.24, 2.45) is 0 Å². The number of carbonyl (C=O) groups is 1. The Hall–Kier alpha value is -2.69. The number of carboxylic acids is 1. The van der Waals surface area contributed by atoms with Gasteiger partial charge in [-0.25, -0.2) is 14.2 Å². The van der Waals surface area contributed by atoms with E-state index in [0.29, 0.717) is 23.3 Å². The van der Waals surface area contributed by atoms with Crippen LogP contribution in [0.2, 0.25) is 0 Å². The monoisotopic (exact) mass is 284 g/mol. The van der Waals surface area contributed by atoms with E-state index < -0.39 is 11.8 Å². The first-order valence-corrected chi connectivity index (χ1v) is 6.50. The Balaban J connectivity index is 2.02. The average molecular weight is 284 g/mol. The molecule has 0 aliphatic carbocycles. The summed E-state index contributed by atoms with van der Waals surface area (Å²) >= 11 is 0. The molecule has 21 heavy (non-hydrogen) atoms. The van der Waals surface area contributed by atoms with E-state index in [1.54, 1.807) is 0 Å². The van der Waals surface area contributed by atoms with Crippen molar-refractivity contribution in [1.82, 2.24) is 9.97 Å². The highest BCUT2D eigenvalue weighted by atomic mass is 19.1. The number of imidazole rings is 1. The summed E-state index contributed by atoms with van der Waals surface area (Å²) in [6, 6.07) is 10.4. The van der Waals surface area contributed by atoms with Gasteiger partial charge in [-0.1, -0.05) is 24.3 Å². The first-order chi connectivity index (χ1) is 10.0. The van der Waals surface area contributed by atoms with Crippen LogP contribution in [0.3, 0.4) is 0 Å². The molecule has 3 rings (SSSR count). The Bertz CT molecular complexity index is 839. The van der Waals surface area contributed by atoms with Crippen molar-refractivity contribution in [3.05, 3.63) is 64.7 Å². The molecule has 0 aliphatic heterocycles. The quantitative estimate of drug-likeness (QED) is 0.775. The average Bonchev–Trinajstić information content (AvgIpc) is 2.81. The van der Waals surface area contributed by atoms with Gasteiger partial charge in [-0.3, -0.25) is 0 Å². The van der Waals surface area contributed by atoms with Crippen molar-refractivity contribution < 1.29 is 14.3 Å². The number of rotatable bonds is 3. The molecule has 0 unspecified atom stereocenters. The molecule has 1 heterocycles. The van der Waals surface area contributed by atoms with Gasteiger partial charge in [0, 0.05) is 12.5 Å². The Morgan fingerprint density at radius 3 is 2.81 bits per heavy atom. The lowest BCUT2D eigenvalue weighted by Crippen LogP contribution is -1.99. The highest BCUT2D eigenvalue weighted by Crippen LogP contribution is 2.19. The van der Waals surface area contributed by atoms with Crippen molar-refractivity contribution in [3.63, 3.8) is 0 Å². The first kappa shape index (κ1) is 13.3. The summed E-state index contributed by atoms with van der Waals surface area (Å²) in [5.41, 5.74) is 2.86. The first-order valence-electron chi connectivity index (χ1n) is 6.50. The number of carboxylic acid groups (broad SMARTS) is 1. The number of nitrogens with zero attached hydrogens (tertiary/aromatic N) is 1. The normalized spacial score (nSPS) is 11.0. The molecule has 0 saturated heterocycles. The molecule has 0 fully saturated rings. The number of aromatic carboxylic acids is 1. The van der Waals surface area contributed by atoms with Gasteiger partial charge in [0.25, 0.3) is 0 Å². The third kappa shape index (κ3) is 2.50. The summed E-state index contributed by atoms with van der Waals surface area (Å²) in [4.78, 5) is 18.3. The second-order valence-electron chi connectivity index (χ2n) is 4.94. The molecule has 0 aliphatic rings. The molecule has 2 N–H and O–H groups in total. The molecule has 1 aromatic heterocycles. The molecule has 0 saturated carbocycles.